The summed E-state index contributed by atoms with van der Waals surface area (Å²) >= 11 is 0. The molecule has 0 spiro atoms. The third-order valence-corrected chi connectivity index (χ3v) is 4.30. The molecule has 1 saturated heterocycles. The summed E-state index contributed by atoms with van der Waals surface area (Å²) in [6.45, 7) is 4.69. The molecule has 1 N–H and O–H groups in total. The SMILES string of the molecule is COc1ccccc1C1CN(Cc2ncc[nH]2)CCN1C(C)=O. The molecule has 0 bridgehead atoms. The minimum atomic E-state index is -0.00707. The average molecular weight is 314 g/mol. The van der Waals surface area contributed by atoms with Crippen LogP contribution >= 0.6 is 0 Å². The first kappa shape index (κ1) is 15.6. The highest BCUT2D eigenvalue weighted by Crippen LogP contribution is 2.32. The number of piperazine rings is 1. The van der Waals surface area contributed by atoms with E-state index in [0.717, 1.165) is 36.8 Å². The van der Waals surface area contributed by atoms with Gasteiger partial charge in [0.05, 0.1) is 19.7 Å². The molecule has 6 heteroatoms. The zero-order valence-electron chi connectivity index (χ0n) is 13.5. The van der Waals surface area contributed by atoms with Crippen LogP contribution in [0.25, 0.3) is 0 Å². The van der Waals surface area contributed by atoms with Gasteiger partial charge in [-0.15, -0.1) is 0 Å². The maximum Gasteiger partial charge on any atom is 0.220 e. The Labute approximate surface area is 136 Å². The van der Waals surface area contributed by atoms with E-state index in [1.54, 1.807) is 20.2 Å². The van der Waals surface area contributed by atoms with Crippen molar-refractivity contribution in [1.29, 1.82) is 0 Å². The first-order chi connectivity index (χ1) is 11.2. The van der Waals surface area contributed by atoms with Gasteiger partial charge in [-0.2, -0.15) is 0 Å². The lowest BCUT2D eigenvalue weighted by atomic mass is 10.0. The predicted molar refractivity (Wildman–Crippen MR) is 87.0 cm³/mol. The number of hydrogen-bond acceptors (Lipinski definition) is 4. The van der Waals surface area contributed by atoms with Crippen molar-refractivity contribution in [2.75, 3.05) is 26.7 Å². The topological polar surface area (TPSA) is 61.5 Å². The number of imidazole rings is 1. The van der Waals surface area contributed by atoms with Crippen LogP contribution in [-0.4, -0.2) is 52.4 Å². The highest BCUT2D eigenvalue weighted by molar-refractivity contribution is 5.74. The highest BCUT2D eigenvalue weighted by atomic mass is 16.5. The van der Waals surface area contributed by atoms with Crippen molar-refractivity contribution in [3.63, 3.8) is 0 Å². The molecule has 6 nitrogen and oxygen atoms in total. The molecule has 122 valence electrons. The number of methoxy groups -OCH3 is 1. The van der Waals surface area contributed by atoms with Crippen molar-refractivity contribution < 1.29 is 9.53 Å². The lowest BCUT2D eigenvalue weighted by Gasteiger charge is -2.41. The van der Waals surface area contributed by atoms with Crippen molar-refractivity contribution in [3.05, 3.63) is 48.0 Å². The Morgan fingerprint density at radius 2 is 2.22 bits per heavy atom. The number of para-hydroxylation sites is 1. The number of nitrogens with zero attached hydrogens (tertiary/aromatic N) is 3. The van der Waals surface area contributed by atoms with Gasteiger partial charge >= 0.3 is 0 Å². The molecule has 1 aromatic heterocycles. The Morgan fingerprint density at radius 3 is 2.91 bits per heavy atom. The van der Waals surface area contributed by atoms with Gasteiger partial charge in [0.15, 0.2) is 0 Å². The van der Waals surface area contributed by atoms with Crippen LogP contribution in [-0.2, 0) is 11.3 Å². The smallest absolute Gasteiger partial charge is 0.220 e. The Bertz CT molecular complexity index is 656. The van der Waals surface area contributed by atoms with Gasteiger partial charge < -0.3 is 14.6 Å². The van der Waals surface area contributed by atoms with E-state index < -0.39 is 0 Å². The molecule has 1 amide bonds. The second kappa shape index (κ2) is 6.83. The number of aromatic amines is 1. The predicted octanol–water partition coefficient (Wildman–Crippen LogP) is 1.82. The molecule has 1 aromatic carbocycles. The second-order valence-corrected chi connectivity index (χ2v) is 5.74. The zero-order chi connectivity index (χ0) is 16.2. The Balaban J connectivity index is 1.84. The number of aromatic nitrogens is 2. The monoisotopic (exact) mass is 314 g/mol. The van der Waals surface area contributed by atoms with Gasteiger partial charge in [-0.3, -0.25) is 9.69 Å². The van der Waals surface area contributed by atoms with Gasteiger partial charge in [0, 0.05) is 44.5 Å². The van der Waals surface area contributed by atoms with E-state index in [0.29, 0.717) is 6.54 Å². The van der Waals surface area contributed by atoms with Gasteiger partial charge in [-0.1, -0.05) is 18.2 Å². The summed E-state index contributed by atoms with van der Waals surface area (Å²) in [5, 5.41) is 0. The fraction of sp³-hybridized carbons (Fsp3) is 0.412. The summed E-state index contributed by atoms with van der Waals surface area (Å²) in [5.74, 6) is 1.86. The van der Waals surface area contributed by atoms with E-state index in [1.807, 2.05) is 35.4 Å². The lowest BCUT2D eigenvalue weighted by molar-refractivity contribution is -0.134. The normalized spacial score (nSPS) is 18.9. The van der Waals surface area contributed by atoms with Gasteiger partial charge in [0.25, 0.3) is 0 Å². The Kier molecular flexibility index (Phi) is 4.62. The third-order valence-electron chi connectivity index (χ3n) is 4.30. The van der Waals surface area contributed by atoms with Crippen molar-refractivity contribution in [3.8, 4) is 5.75 Å². The first-order valence-electron chi connectivity index (χ1n) is 7.79. The second-order valence-electron chi connectivity index (χ2n) is 5.74. The van der Waals surface area contributed by atoms with Crippen LogP contribution in [0.1, 0.15) is 24.4 Å². The molecular formula is C17H22N4O2. The number of carbonyl (C=O) groups is 1. The molecule has 0 saturated carbocycles. The molecule has 1 unspecified atom stereocenters. The summed E-state index contributed by atoms with van der Waals surface area (Å²) in [6.07, 6.45) is 3.59. The van der Waals surface area contributed by atoms with Gasteiger partial charge in [-0.05, 0) is 6.07 Å². The number of carbonyl (C=O) groups excluding carboxylic acids is 1. The van der Waals surface area contributed by atoms with E-state index in [2.05, 4.69) is 14.9 Å². The molecule has 1 aliphatic heterocycles. The standard InChI is InChI=1S/C17H22N4O2/c1-13(22)21-10-9-20(12-17-18-7-8-19-17)11-15(21)14-5-3-4-6-16(14)23-2/h3-8,15H,9-12H2,1-2H3,(H,18,19). The minimum absolute atomic E-state index is 0.00707. The van der Waals surface area contributed by atoms with Crippen LogP contribution in [0.5, 0.6) is 5.75 Å². The molecular weight excluding hydrogens is 292 g/mol. The zero-order valence-corrected chi connectivity index (χ0v) is 13.5. The van der Waals surface area contributed by atoms with Gasteiger partial charge in [-0.25, -0.2) is 4.98 Å². The maximum absolute atomic E-state index is 12.1. The van der Waals surface area contributed by atoms with E-state index >= 15 is 0 Å². The largest absolute Gasteiger partial charge is 0.496 e. The Hall–Kier alpha value is -2.34. The van der Waals surface area contributed by atoms with Crippen LogP contribution in [0.3, 0.4) is 0 Å². The summed E-state index contributed by atoms with van der Waals surface area (Å²) in [6, 6.07) is 7.91. The number of H-pyrrole nitrogens is 1. The lowest BCUT2D eigenvalue weighted by Crippen LogP contribution is -2.49. The molecule has 0 aliphatic carbocycles. The van der Waals surface area contributed by atoms with Crippen molar-refractivity contribution in [2.45, 2.75) is 19.5 Å². The van der Waals surface area contributed by atoms with Crippen LogP contribution < -0.4 is 4.74 Å². The summed E-state index contributed by atoms with van der Waals surface area (Å²) in [7, 11) is 1.67. The molecule has 3 rings (SSSR count). The van der Waals surface area contributed by atoms with E-state index in [9.17, 15) is 4.79 Å². The Morgan fingerprint density at radius 1 is 1.39 bits per heavy atom. The number of ether oxygens (including phenoxy) is 1. The summed E-state index contributed by atoms with van der Waals surface area (Å²) in [4.78, 5) is 23.7. The number of hydrogen-bond donors (Lipinski definition) is 1. The van der Waals surface area contributed by atoms with Crippen molar-refractivity contribution in [1.82, 2.24) is 19.8 Å². The van der Waals surface area contributed by atoms with Gasteiger partial charge in [0.2, 0.25) is 5.91 Å². The van der Waals surface area contributed by atoms with E-state index in [1.165, 1.54) is 0 Å². The van der Waals surface area contributed by atoms with E-state index in [4.69, 9.17) is 4.74 Å². The fourth-order valence-corrected chi connectivity index (χ4v) is 3.16. The van der Waals surface area contributed by atoms with Crippen molar-refractivity contribution in [2.24, 2.45) is 0 Å². The maximum atomic E-state index is 12.1. The number of amides is 1. The van der Waals surface area contributed by atoms with Crippen LogP contribution in [0, 0.1) is 0 Å². The van der Waals surface area contributed by atoms with Crippen LogP contribution in [0.4, 0.5) is 0 Å². The average Bonchev–Trinajstić information content (AvgIpc) is 3.07. The molecule has 1 atom stereocenters. The van der Waals surface area contributed by atoms with Gasteiger partial charge in [0.1, 0.15) is 11.6 Å². The fourth-order valence-electron chi connectivity index (χ4n) is 3.16. The van der Waals surface area contributed by atoms with Crippen LogP contribution in [0.2, 0.25) is 0 Å². The highest BCUT2D eigenvalue weighted by Gasteiger charge is 2.31. The number of benzene rings is 1. The van der Waals surface area contributed by atoms with E-state index in [-0.39, 0.29) is 11.9 Å². The quantitative estimate of drug-likeness (QED) is 0.935. The van der Waals surface area contributed by atoms with Crippen LogP contribution in [0.15, 0.2) is 36.7 Å². The molecule has 2 heterocycles. The number of nitrogens with one attached hydrogen (secondary N) is 1. The molecule has 1 fully saturated rings. The molecule has 1 aliphatic rings. The number of rotatable bonds is 4. The third kappa shape index (κ3) is 3.37. The summed E-state index contributed by atoms with van der Waals surface area (Å²) < 4.78 is 5.49. The molecule has 2 aromatic rings. The first-order valence-corrected chi connectivity index (χ1v) is 7.79. The molecule has 23 heavy (non-hydrogen) atoms. The molecule has 0 radical (unpaired) electrons. The summed E-state index contributed by atoms with van der Waals surface area (Å²) in [5.41, 5.74) is 1.05. The van der Waals surface area contributed by atoms with Crippen molar-refractivity contribution >= 4 is 5.91 Å². The minimum Gasteiger partial charge on any atom is -0.496 e.